The maximum atomic E-state index is 10.6. The van der Waals surface area contributed by atoms with Gasteiger partial charge in [0, 0.05) is 0 Å². The van der Waals surface area contributed by atoms with Crippen LogP contribution >= 0.6 is 11.8 Å². The molecule has 2 heterocycles. The highest BCUT2D eigenvalue weighted by atomic mass is 32.2. The Morgan fingerprint density at radius 3 is 3.13 bits per heavy atom. The molecule has 0 bridgehead atoms. The number of carbonyl (C=O) groups is 1. The summed E-state index contributed by atoms with van der Waals surface area (Å²) in [7, 11) is 0. The molecule has 0 saturated carbocycles. The number of tetrazole rings is 1. The number of hydrogen-bond acceptors (Lipinski definition) is 5. The summed E-state index contributed by atoms with van der Waals surface area (Å²) >= 11 is 1.81. The topological polar surface area (TPSA) is 80.9 Å². The molecule has 1 aliphatic heterocycles. The van der Waals surface area contributed by atoms with E-state index in [-0.39, 0.29) is 11.8 Å². The average molecular weight is 228 g/mol. The molecular formula is C8H12N4O2S. The normalized spacial score (nSPS) is 21.5. The van der Waals surface area contributed by atoms with E-state index in [0.717, 1.165) is 18.6 Å². The van der Waals surface area contributed by atoms with Gasteiger partial charge in [-0.25, -0.2) is 4.68 Å². The maximum Gasteiger partial charge on any atom is 0.325 e. The first-order chi connectivity index (χ1) is 7.27. The number of carboxylic acid groups (broad SMARTS) is 1. The quantitative estimate of drug-likeness (QED) is 0.820. The van der Waals surface area contributed by atoms with Gasteiger partial charge >= 0.3 is 5.97 Å². The van der Waals surface area contributed by atoms with Crippen molar-refractivity contribution in [2.45, 2.75) is 31.1 Å². The minimum atomic E-state index is -0.913. The summed E-state index contributed by atoms with van der Waals surface area (Å²) in [6, 6.07) is 0. The third-order valence-corrected chi connectivity index (χ3v) is 3.69. The molecular weight excluding hydrogens is 216 g/mol. The van der Waals surface area contributed by atoms with Crippen LogP contribution in [-0.4, -0.2) is 37.0 Å². The number of nitrogens with zero attached hydrogens (tertiary/aromatic N) is 4. The Morgan fingerprint density at radius 2 is 2.47 bits per heavy atom. The molecule has 1 saturated heterocycles. The monoisotopic (exact) mass is 228 g/mol. The van der Waals surface area contributed by atoms with Crippen molar-refractivity contribution in [3.8, 4) is 0 Å². The zero-order valence-electron chi connectivity index (χ0n) is 8.17. The molecule has 1 unspecified atom stereocenters. The predicted molar refractivity (Wildman–Crippen MR) is 54.5 cm³/mol. The van der Waals surface area contributed by atoms with Crippen molar-refractivity contribution < 1.29 is 9.90 Å². The molecule has 6 nitrogen and oxygen atoms in total. The fourth-order valence-electron chi connectivity index (χ4n) is 1.63. The van der Waals surface area contributed by atoms with Gasteiger partial charge in [-0.1, -0.05) is 6.42 Å². The maximum absolute atomic E-state index is 10.6. The highest BCUT2D eigenvalue weighted by molar-refractivity contribution is 7.99. The molecule has 0 amide bonds. The minimum Gasteiger partial charge on any atom is -0.480 e. The lowest BCUT2D eigenvalue weighted by molar-refractivity contribution is -0.138. The van der Waals surface area contributed by atoms with Gasteiger partial charge in [-0.15, -0.1) is 5.10 Å². The van der Waals surface area contributed by atoms with Crippen LogP contribution in [0.25, 0.3) is 0 Å². The van der Waals surface area contributed by atoms with Crippen molar-refractivity contribution in [3.05, 3.63) is 5.82 Å². The van der Waals surface area contributed by atoms with Crippen LogP contribution in [-0.2, 0) is 11.3 Å². The van der Waals surface area contributed by atoms with Gasteiger partial charge in [0.2, 0.25) is 0 Å². The van der Waals surface area contributed by atoms with Crippen LogP contribution in [0, 0.1) is 0 Å². The van der Waals surface area contributed by atoms with Crippen LogP contribution in [0.4, 0.5) is 0 Å². The lowest BCUT2D eigenvalue weighted by Gasteiger charge is -2.19. The van der Waals surface area contributed by atoms with E-state index in [1.807, 2.05) is 0 Å². The van der Waals surface area contributed by atoms with Crippen molar-refractivity contribution in [3.63, 3.8) is 0 Å². The van der Waals surface area contributed by atoms with Gasteiger partial charge in [0.05, 0.1) is 5.25 Å². The summed E-state index contributed by atoms with van der Waals surface area (Å²) in [4.78, 5) is 10.6. The number of aromatic nitrogens is 4. The van der Waals surface area contributed by atoms with Gasteiger partial charge in [-0.2, -0.15) is 11.8 Å². The molecule has 0 aromatic carbocycles. The molecule has 1 aromatic heterocycles. The standard InChI is InChI=1S/C8H12N4O2S/c13-7(14)5-12-8(9-10-11-12)6-3-1-2-4-15-6/h6H,1-5H2,(H,13,14). The lowest BCUT2D eigenvalue weighted by Crippen LogP contribution is -2.16. The Balaban J connectivity index is 2.12. The fraction of sp³-hybridized carbons (Fsp3) is 0.750. The van der Waals surface area contributed by atoms with Gasteiger partial charge in [-0.3, -0.25) is 4.79 Å². The third-order valence-electron chi connectivity index (χ3n) is 2.31. The SMILES string of the molecule is O=C(O)Cn1nnnc1C1CCCCS1. The summed E-state index contributed by atoms with van der Waals surface area (Å²) < 4.78 is 1.38. The van der Waals surface area contributed by atoms with E-state index in [9.17, 15) is 4.79 Å². The molecule has 0 aliphatic carbocycles. The number of aliphatic carboxylic acids is 1. The van der Waals surface area contributed by atoms with Crippen molar-refractivity contribution in [1.29, 1.82) is 0 Å². The zero-order chi connectivity index (χ0) is 10.7. The molecule has 2 rings (SSSR count). The molecule has 1 aliphatic rings. The van der Waals surface area contributed by atoms with Crippen LogP contribution in [0.15, 0.2) is 0 Å². The fourth-order valence-corrected chi connectivity index (χ4v) is 2.93. The Bertz CT molecular complexity index is 348. The van der Waals surface area contributed by atoms with E-state index >= 15 is 0 Å². The molecule has 0 radical (unpaired) electrons. The minimum absolute atomic E-state index is 0.153. The third kappa shape index (κ3) is 2.47. The second kappa shape index (κ2) is 4.61. The Morgan fingerprint density at radius 1 is 1.60 bits per heavy atom. The number of rotatable bonds is 3. The zero-order valence-corrected chi connectivity index (χ0v) is 8.98. The Hall–Kier alpha value is -1.11. The Kier molecular flexibility index (Phi) is 3.20. The van der Waals surface area contributed by atoms with E-state index in [1.54, 1.807) is 11.8 Å². The van der Waals surface area contributed by atoms with Gasteiger partial charge < -0.3 is 5.11 Å². The molecule has 7 heteroatoms. The lowest BCUT2D eigenvalue weighted by atomic mass is 10.2. The molecule has 1 fully saturated rings. The van der Waals surface area contributed by atoms with Crippen LogP contribution in [0.5, 0.6) is 0 Å². The van der Waals surface area contributed by atoms with Gasteiger partial charge in [0.25, 0.3) is 0 Å². The van der Waals surface area contributed by atoms with Gasteiger partial charge in [0.15, 0.2) is 5.82 Å². The molecule has 1 atom stereocenters. The number of carboxylic acids is 1. The number of thioether (sulfide) groups is 1. The van der Waals surface area contributed by atoms with Crippen LogP contribution < -0.4 is 0 Å². The van der Waals surface area contributed by atoms with E-state index < -0.39 is 5.97 Å². The second-order valence-corrected chi connectivity index (χ2v) is 4.75. The van der Waals surface area contributed by atoms with Gasteiger partial charge in [-0.05, 0) is 29.0 Å². The first kappa shape index (κ1) is 10.4. The largest absolute Gasteiger partial charge is 0.480 e. The Labute approximate surface area is 91.0 Å². The number of hydrogen-bond donors (Lipinski definition) is 1. The first-order valence-corrected chi connectivity index (χ1v) is 5.91. The van der Waals surface area contributed by atoms with Crippen LogP contribution in [0.2, 0.25) is 0 Å². The molecule has 82 valence electrons. The van der Waals surface area contributed by atoms with Crippen LogP contribution in [0.3, 0.4) is 0 Å². The summed E-state index contributed by atoms with van der Waals surface area (Å²) in [6.45, 7) is -0.153. The highest BCUT2D eigenvalue weighted by Crippen LogP contribution is 2.36. The molecule has 0 spiro atoms. The van der Waals surface area contributed by atoms with Crippen molar-refractivity contribution in [1.82, 2.24) is 20.2 Å². The summed E-state index contributed by atoms with van der Waals surface area (Å²) in [6.07, 6.45) is 3.42. The summed E-state index contributed by atoms with van der Waals surface area (Å²) in [5.41, 5.74) is 0. The van der Waals surface area contributed by atoms with Crippen molar-refractivity contribution in [2.24, 2.45) is 0 Å². The smallest absolute Gasteiger partial charge is 0.325 e. The van der Waals surface area contributed by atoms with E-state index in [4.69, 9.17) is 5.11 Å². The average Bonchev–Trinajstić information content (AvgIpc) is 2.66. The van der Waals surface area contributed by atoms with Crippen molar-refractivity contribution >= 4 is 17.7 Å². The predicted octanol–water partition coefficient (Wildman–Crippen LogP) is 0.716. The van der Waals surface area contributed by atoms with Crippen molar-refractivity contribution in [2.75, 3.05) is 5.75 Å². The first-order valence-electron chi connectivity index (χ1n) is 4.87. The molecule has 1 aromatic rings. The van der Waals surface area contributed by atoms with Gasteiger partial charge in [0.1, 0.15) is 6.54 Å². The highest BCUT2D eigenvalue weighted by Gasteiger charge is 2.22. The summed E-state index contributed by atoms with van der Waals surface area (Å²) in [5.74, 6) is 0.886. The van der Waals surface area contributed by atoms with E-state index in [0.29, 0.717) is 5.82 Å². The van der Waals surface area contributed by atoms with E-state index in [2.05, 4.69) is 15.5 Å². The molecule has 15 heavy (non-hydrogen) atoms. The van der Waals surface area contributed by atoms with E-state index in [1.165, 1.54) is 11.1 Å². The summed E-state index contributed by atoms with van der Waals surface area (Å²) in [5, 5.41) is 20.1. The molecule has 1 N–H and O–H groups in total. The van der Waals surface area contributed by atoms with Crippen LogP contribution in [0.1, 0.15) is 30.3 Å². The second-order valence-electron chi connectivity index (χ2n) is 3.44.